The molecule has 0 aliphatic heterocycles. The third-order valence-electron chi connectivity index (χ3n) is 5.68. The van der Waals surface area contributed by atoms with Gasteiger partial charge < -0.3 is 25.5 Å². The molecule has 0 saturated carbocycles. The van der Waals surface area contributed by atoms with Crippen LogP contribution in [0.25, 0.3) is 11.3 Å². The van der Waals surface area contributed by atoms with Gasteiger partial charge in [0, 0.05) is 61.8 Å². The van der Waals surface area contributed by atoms with E-state index in [4.69, 9.17) is 15.2 Å². The number of ketones is 1. The van der Waals surface area contributed by atoms with Crippen LogP contribution in [-0.2, 0) is 15.9 Å². The number of aromatic nitrogens is 2. The zero-order valence-corrected chi connectivity index (χ0v) is 17.8. The minimum atomic E-state index is -0.847. The number of anilines is 2. The second kappa shape index (κ2) is 9.65. The van der Waals surface area contributed by atoms with Gasteiger partial charge in [0.25, 0.3) is 0 Å². The number of para-hydroxylation sites is 1. The number of ether oxygens (including phenoxy) is 2. The van der Waals surface area contributed by atoms with E-state index in [1.165, 1.54) is 0 Å². The van der Waals surface area contributed by atoms with E-state index < -0.39 is 12.2 Å². The lowest BCUT2D eigenvalue weighted by molar-refractivity contribution is 0.0368. The van der Waals surface area contributed by atoms with Gasteiger partial charge in [0.2, 0.25) is 0 Å². The lowest BCUT2D eigenvalue weighted by atomic mass is 9.82. The molecule has 32 heavy (non-hydrogen) atoms. The SMILES string of the molecule is COCCC(OC(N)=O)C1CC(=O)c2c([nH]c(-c3ccncc3)c2Nc2ccccc2)C1. The molecule has 2 unspecified atom stereocenters. The lowest BCUT2D eigenvalue weighted by Gasteiger charge is -2.29. The summed E-state index contributed by atoms with van der Waals surface area (Å²) < 4.78 is 10.5. The van der Waals surface area contributed by atoms with Crippen LogP contribution in [0.5, 0.6) is 0 Å². The molecule has 8 nitrogen and oxygen atoms in total. The molecule has 2 aromatic heterocycles. The highest BCUT2D eigenvalue weighted by Crippen LogP contribution is 2.41. The first-order valence-corrected chi connectivity index (χ1v) is 10.5. The maximum Gasteiger partial charge on any atom is 0.404 e. The number of H-pyrrole nitrogens is 1. The van der Waals surface area contributed by atoms with Crippen LogP contribution >= 0.6 is 0 Å². The van der Waals surface area contributed by atoms with Crippen molar-refractivity contribution < 1.29 is 19.1 Å². The predicted molar refractivity (Wildman–Crippen MR) is 121 cm³/mol. The molecule has 2 heterocycles. The number of pyridine rings is 1. The Morgan fingerprint density at radius 2 is 1.97 bits per heavy atom. The molecule has 0 radical (unpaired) electrons. The summed E-state index contributed by atoms with van der Waals surface area (Å²) in [6.45, 7) is 0.406. The second-order valence-electron chi connectivity index (χ2n) is 7.80. The van der Waals surface area contributed by atoms with Crippen molar-refractivity contribution in [2.45, 2.75) is 25.4 Å². The van der Waals surface area contributed by atoms with Crippen LogP contribution < -0.4 is 11.1 Å². The largest absolute Gasteiger partial charge is 0.446 e. The molecule has 0 saturated heterocycles. The molecule has 4 rings (SSSR count). The summed E-state index contributed by atoms with van der Waals surface area (Å²) >= 11 is 0. The summed E-state index contributed by atoms with van der Waals surface area (Å²) in [5.41, 5.74) is 10.1. The van der Waals surface area contributed by atoms with E-state index in [2.05, 4.69) is 15.3 Å². The Morgan fingerprint density at radius 1 is 1.22 bits per heavy atom. The number of nitrogens with one attached hydrogen (secondary N) is 2. The summed E-state index contributed by atoms with van der Waals surface area (Å²) in [4.78, 5) is 32.3. The Labute approximate surface area is 186 Å². The molecule has 1 amide bonds. The van der Waals surface area contributed by atoms with E-state index in [0.29, 0.717) is 25.0 Å². The van der Waals surface area contributed by atoms with Gasteiger partial charge in [0.05, 0.1) is 16.9 Å². The monoisotopic (exact) mass is 434 g/mol. The number of fused-ring (bicyclic) bond motifs is 1. The van der Waals surface area contributed by atoms with E-state index in [1.54, 1.807) is 19.5 Å². The first kappa shape index (κ1) is 21.6. The van der Waals surface area contributed by atoms with E-state index in [-0.39, 0.29) is 18.1 Å². The van der Waals surface area contributed by atoms with Crippen molar-refractivity contribution in [3.63, 3.8) is 0 Å². The zero-order chi connectivity index (χ0) is 22.5. The Morgan fingerprint density at radius 3 is 2.66 bits per heavy atom. The third-order valence-corrected chi connectivity index (χ3v) is 5.68. The zero-order valence-electron chi connectivity index (χ0n) is 17.8. The molecule has 0 fully saturated rings. The fourth-order valence-electron chi connectivity index (χ4n) is 4.25. The number of methoxy groups -OCH3 is 1. The normalized spacial score (nSPS) is 16.3. The Bertz CT molecular complexity index is 1080. The first-order valence-electron chi connectivity index (χ1n) is 10.5. The van der Waals surface area contributed by atoms with Crippen molar-refractivity contribution in [1.82, 2.24) is 9.97 Å². The Balaban J connectivity index is 1.72. The van der Waals surface area contributed by atoms with Crippen molar-refractivity contribution >= 4 is 23.3 Å². The molecule has 4 N–H and O–H groups in total. The maximum absolute atomic E-state index is 13.3. The number of amides is 1. The molecule has 3 aromatic rings. The summed E-state index contributed by atoms with van der Waals surface area (Å²) in [5.74, 6) is -0.201. The van der Waals surface area contributed by atoms with Gasteiger partial charge in [0.15, 0.2) is 5.78 Å². The van der Waals surface area contributed by atoms with Crippen LogP contribution in [0.1, 0.15) is 28.9 Å². The highest BCUT2D eigenvalue weighted by Gasteiger charge is 2.36. The van der Waals surface area contributed by atoms with Gasteiger partial charge in [-0.15, -0.1) is 0 Å². The van der Waals surface area contributed by atoms with Crippen LogP contribution in [-0.4, -0.2) is 41.7 Å². The van der Waals surface area contributed by atoms with Crippen LogP contribution in [0.15, 0.2) is 54.9 Å². The average Bonchev–Trinajstić information content (AvgIpc) is 3.16. The van der Waals surface area contributed by atoms with E-state index in [1.807, 2.05) is 42.5 Å². The van der Waals surface area contributed by atoms with Crippen molar-refractivity contribution in [2.24, 2.45) is 11.7 Å². The average molecular weight is 434 g/mol. The standard InChI is InChI=1S/C24H26N4O4/c1-31-12-9-20(32-24(25)30)16-13-18-21(19(29)14-16)23(27-17-5-3-2-4-6-17)22(28-18)15-7-10-26-11-8-15/h2-8,10-11,16,20,27-28H,9,12-14H2,1H3,(H2,25,30). The van der Waals surface area contributed by atoms with Gasteiger partial charge in [0.1, 0.15) is 6.10 Å². The summed E-state index contributed by atoms with van der Waals surface area (Å²) in [7, 11) is 1.58. The molecule has 1 aromatic carbocycles. The van der Waals surface area contributed by atoms with Crippen molar-refractivity contribution in [1.29, 1.82) is 0 Å². The van der Waals surface area contributed by atoms with Crippen LogP contribution in [0, 0.1) is 5.92 Å². The lowest BCUT2D eigenvalue weighted by Crippen LogP contribution is -2.35. The van der Waals surface area contributed by atoms with E-state index >= 15 is 0 Å². The van der Waals surface area contributed by atoms with Crippen LogP contribution in [0.2, 0.25) is 0 Å². The maximum atomic E-state index is 13.3. The molecule has 8 heteroatoms. The number of carbonyl (C=O) groups excluding carboxylic acids is 2. The minimum Gasteiger partial charge on any atom is -0.446 e. The molecule has 1 aliphatic carbocycles. The van der Waals surface area contributed by atoms with Crippen LogP contribution in [0.3, 0.4) is 0 Å². The van der Waals surface area contributed by atoms with Gasteiger partial charge >= 0.3 is 6.09 Å². The molecular weight excluding hydrogens is 408 g/mol. The highest BCUT2D eigenvalue weighted by molar-refractivity contribution is 6.07. The van der Waals surface area contributed by atoms with Gasteiger partial charge in [-0.2, -0.15) is 0 Å². The topological polar surface area (TPSA) is 119 Å². The summed E-state index contributed by atoms with van der Waals surface area (Å²) in [6.07, 6.45) is 3.37. The third kappa shape index (κ3) is 4.65. The van der Waals surface area contributed by atoms with Gasteiger partial charge in [-0.25, -0.2) is 4.79 Å². The predicted octanol–water partition coefficient (Wildman–Crippen LogP) is 4.07. The second-order valence-corrected chi connectivity index (χ2v) is 7.80. The number of aromatic amines is 1. The van der Waals surface area contributed by atoms with Gasteiger partial charge in [-0.05, 0) is 30.7 Å². The van der Waals surface area contributed by atoms with Gasteiger partial charge in [-0.1, -0.05) is 18.2 Å². The fourth-order valence-corrected chi connectivity index (χ4v) is 4.25. The molecule has 166 valence electrons. The fraction of sp³-hybridized carbons (Fsp3) is 0.292. The van der Waals surface area contributed by atoms with Gasteiger partial charge in [-0.3, -0.25) is 9.78 Å². The van der Waals surface area contributed by atoms with Crippen LogP contribution in [0.4, 0.5) is 16.2 Å². The molecule has 0 spiro atoms. The Hall–Kier alpha value is -3.65. The number of Topliss-reactive ketones (excluding diaryl/α,β-unsaturated/α-hetero) is 1. The molecule has 1 aliphatic rings. The van der Waals surface area contributed by atoms with E-state index in [0.717, 1.165) is 28.3 Å². The van der Waals surface area contributed by atoms with Crippen molar-refractivity contribution in [3.05, 3.63) is 66.1 Å². The number of primary amides is 1. The number of nitrogens with zero attached hydrogens (tertiary/aromatic N) is 1. The van der Waals surface area contributed by atoms with Crippen molar-refractivity contribution in [2.75, 3.05) is 19.0 Å². The number of hydrogen-bond acceptors (Lipinski definition) is 6. The smallest absolute Gasteiger partial charge is 0.404 e. The van der Waals surface area contributed by atoms with Crippen molar-refractivity contribution in [3.8, 4) is 11.3 Å². The number of benzene rings is 1. The number of rotatable bonds is 8. The number of carbonyl (C=O) groups is 2. The quantitative estimate of drug-likeness (QED) is 0.492. The number of nitrogens with two attached hydrogens (primary N) is 1. The van der Waals surface area contributed by atoms with E-state index in [9.17, 15) is 9.59 Å². The summed E-state index contributed by atoms with van der Waals surface area (Å²) in [5, 5.41) is 3.42. The highest BCUT2D eigenvalue weighted by atomic mass is 16.6. The summed E-state index contributed by atoms with van der Waals surface area (Å²) in [6, 6.07) is 13.5. The number of hydrogen-bond donors (Lipinski definition) is 3. The first-order chi connectivity index (χ1) is 15.6. The molecular formula is C24H26N4O4. The minimum absolute atomic E-state index is 0.0123. The molecule has 2 atom stereocenters. The Kier molecular flexibility index (Phi) is 6.51. The molecule has 0 bridgehead atoms.